The van der Waals surface area contributed by atoms with Crippen molar-refractivity contribution in [2.75, 3.05) is 0 Å². The first-order chi connectivity index (χ1) is 20.1. The lowest BCUT2D eigenvalue weighted by atomic mass is 9.69. The number of aryl methyl sites for hydroxylation is 2. The standard InChI is InChI=1S/C38H55NO2/c1-3-5-7-9-11-12-14-17-21-33-24-27-36(34(30-33)31-39)41-37(40)38(28-18-15-19-29-38)35-25-22-32(23-26-35)20-16-13-10-8-6-4-2/h22-27,30H,3-21,28-29H2,1-2H3. The topological polar surface area (TPSA) is 50.1 Å². The Hall–Kier alpha value is -2.60. The summed E-state index contributed by atoms with van der Waals surface area (Å²) in [6.45, 7) is 4.51. The van der Waals surface area contributed by atoms with Crippen LogP contribution in [0.2, 0.25) is 0 Å². The summed E-state index contributed by atoms with van der Waals surface area (Å²) in [6, 6.07) is 16.9. The van der Waals surface area contributed by atoms with Crippen LogP contribution >= 0.6 is 0 Å². The Balaban J connectivity index is 1.58. The highest BCUT2D eigenvalue weighted by Crippen LogP contribution is 2.41. The third kappa shape index (κ3) is 10.6. The quantitative estimate of drug-likeness (QED) is 0.0980. The molecule has 0 radical (unpaired) electrons. The first-order valence-corrected chi connectivity index (χ1v) is 17.0. The van der Waals surface area contributed by atoms with Gasteiger partial charge in [-0.15, -0.1) is 0 Å². The van der Waals surface area contributed by atoms with E-state index in [1.807, 2.05) is 18.2 Å². The number of benzene rings is 2. The summed E-state index contributed by atoms with van der Waals surface area (Å²) in [5.41, 5.74) is 3.41. The lowest BCUT2D eigenvalue weighted by Crippen LogP contribution is -2.41. The Morgan fingerprint density at radius 2 is 1.22 bits per heavy atom. The summed E-state index contributed by atoms with van der Waals surface area (Å²) in [4.78, 5) is 13.8. The molecule has 2 aromatic carbocycles. The number of esters is 1. The Kier molecular flexibility index (Phi) is 15.1. The number of hydrogen-bond acceptors (Lipinski definition) is 3. The van der Waals surface area contributed by atoms with Gasteiger partial charge in [0.25, 0.3) is 0 Å². The highest BCUT2D eigenvalue weighted by Gasteiger charge is 2.43. The van der Waals surface area contributed by atoms with Crippen LogP contribution in [0.3, 0.4) is 0 Å². The molecule has 0 N–H and O–H groups in total. The molecule has 3 rings (SSSR count). The molecule has 0 aromatic heterocycles. The van der Waals surface area contributed by atoms with Crippen LogP contribution in [0.15, 0.2) is 42.5 Å². The molecule has 0 bridgehead atoms. The molecule has 0 saturated heterocycles. The van der Waals surface area contributed by atoms with Crippen molar-refractivity contribution in [1.82, 2.24) is 0 Å². The van der Waals surface area contributed by atoms with E-state index >= 15 is 0 Å². The van der Waals surface area contributed by atoms with Crippen LogP contribution in [0, 0.1) is 11.3 Å². The van der Waals surface area contributed by atoms with Crippen LogP contribution < -0.4 is 4.74 Å². The molecule has 2 aromatic rings. The average molecular weight is 558 g/mol. The zero-order valence-electron chi connectivity index (χ0n) is 26.2. The molecule has 1 fully saturated rings. The first kappa shape index (κ1) is 32.9. The van der Waals surface area contributed by atoms with Crippen molar-refractivity contribution < 1.29 is 9.53 Å². The minimum atomic E-state index is -0.626. The van der Waals surface area contributed by atoms with Gasteiger partial charge in [0, 0.05) is 0 Å². The molecule has 3 nitrogen and oxygen atoms in total. The fourth-order valence-electron chi connectivity index (χ4n) is 6.44. The largest absolute Gasteiger partial charge is 0.424 e. The first-order valence-electron chi connectivity index (χ1n) is 17.0. The number of carbonyl (C=O) groups is 1. The lowest BCUT2D eigenvalue weighted by Gasteiger charge is -2.35. The van der Waals surface area contributed by atoms with Crippen molar-refractivity contribution in [3.63, 3.8) is 0 Å². The molecule has 1 aliphatic carbocycles. The predicted molar refractivity (Wildman–Crippen MR) is 171 cm³/mol. The second kappa shape index (κ2) is 18.8. The summed E-state index contributed by atoms with van der Waals surface area (Å²) in [7, 11) is 0. The molecule has 0 amide bonds. The van der Waals surface area contributed by atoms with Gasteiger partial charge in [0.1, 0.15) is 11.8 Å². The summed E-state index contributed by atoms with van der Waals surface area (Å²) < 4.78 is 6.06. The summed E-state index contributed by atoms with van der Waals surface area (Å²) in [5.74, 6) is 0.204. The van der Waals surface area contributed by atoms with Crippen molar-refractivity contribution in [3.05, 3.63) is 64.7 Å². The number of rotatable bonds is 19. The maximum Gasteiger partial charge on any atom is 0.321 e. The van der Waals surface area contributed by atoms with Crippen LogP contribution in [0.5, 0.6) is 5.75 Å². The van der Waals surface area contributed by atoms with Crippen molar-refractivity contribution in [1.29, 1.82) is 5.26 Å². The molecule has 3 heteroatoms. The number of carbonyl (C=O) groups excluding carboxylic acids is 1. The van der Waals surface area contributed by atoms with E-state index in [2.05, 4.69) is 44.2 Å². The molecule has 0 spiro atoms. The number of nitriles is 1. The van der Waals surface area contributed by atoms with Crippen molar-refractivity contribution in [2.45, 2.75) is 154 Å². The lowest BCUT2D eigenvalue weighted by molar-refractivity contribution is -0.142. The maximum absolute atomic E-state index is 13.8. The number of nitrogens with zero attached hydrogens (tertiary/aromatic N) is 1. The van der Waals surface area contributed by atoms with E-state index in [1.165, 1.54) is 89.0 Å². The Morgan fingerprint density at radius 1 is 0.707 bits per heavy atom. The van der Waals surface area contributed by atoms with Crippen LogP contribution in [-0.2, 0) is 23.1 Å². The third-order valence-corrected chi connectivity index (χ3v) is 9.11. The van der Waals surface area contributed by atoms with Crippen LogP contribution in [-0.4, -0.2) is 5.97 Å². The van der Waals surface area contributed by atoms with Crippen LogP contribution in [0.1, 0.15) is 158 Å². The molecular formula is C38H55NO2. The Morgan fingerprint density at radius 3 is 1.78 bits per heavy atom. The van der Waals surface area contributed by atoms with E-state index in [1.54, 1.807) is 0 Å². The molecular weight excluding hydrogens is 502 g/mol. The number of ether oxygens (including phenoxy) is 1. The fraction of sp³-hybridized carbons (Fsp3) is 0.632. The van der Waals surface area contributed by atoms with Crippen LogP contribution in [0.25, 0.3) is 0 Å². The van der Waals surface area contributed by atoms with Gasteiger partial charge in [-0.25, -0.2) is 0 Å². The molecule has 0 heterocycles. The monoisotopic (exact) mass is 557 g/mol. The molecule has 0 aliphatic heterocycles. The Bertz CT molecular complexity index is 1060. The summed E-state index contributed by atoms with van der Waals surface area (Å²) in [5, 5.41) is 9.88. The van der Waals surface area contributed by atoms with Gasteiger partial charge in [-0.1, -0.05) is 140 Å². The average Bonchev–Trinajstić information content (AvgIpc) is 3.01. The van der Waals surface area contributed by atoms with E-state index in [-0.39, 0.29) is 5.97 Å². The van der Waals surface area contributed by atoms with E-state index in [4.69, 9.17) is 4.74 Å². The molecule has 0 unspecified atom stereocenters. The summed E-state index contributed by atoms with van der Waals surface area (Å²) >= 11 is 0. The van der Waals surface area contributed by atoms with Gasteiger partial charge < -0.3 is 4.74 Å². The third-order valence-electron chi connectivity index (χ3n) is 9.11. The van der Waals surface area contributed by atoms with Gasteiger partial charge in [-0.05, 0) is 67.3 Å². The van der Waals surface area contributed by atoms with E-state index in [0.29, 0.717) is 11.3 Å². The zero-order chi connectivity index (χ0) is 29.2. The summed E-state index contributed by atoms with van der Waals surface area (Å²) in [6.07, 6.45) is 25.0. The normalized spacial score (nSPS) is 14.5. The van der Waals surface area contributed by atoms with Gasteiger partial charge in [0.15, 0.2) is 0 Å². The predicted octanol–water partition coefficient (Wildman–Crippen LogP) is 11.0. The Labute approximate surface area is 251 Å². The van der Waals surface area contributed by atoms with Gasteiger partial charge in [-0.3, -0.25) is 4.79 Å². The highest BCUT2D eigenvalue weighted by atomic mass is 16.5. The SMILES string of the molecule is CCCCCCCCCCc1ccc(OC(=O)C2(c3ccc(CCCCCCCC)cc3)CCCCC2)c(C#N)c1. The second-order valence-corrected chi connectivity index (χ2v) is 12.4. The minimum absolute atomic E-state index is 0.201. The number of hydrogen-bond donors (Lipinski definition) is 0. The van der Waals surface area contributed by atoms with Gasteiger partial charge in [0.2, 0.25) is 0 Å². The fourth-order valence-corrected chi connectivity index (χ4v) is 6.44. The molecule has 1 saturated carbocycles. The maximum atomic E-state index is 13.8. The van der Waals surface area contributed by atoms with E-state index < -0.39 is 5.41 Å². The van der Waals surface area contributed by atoms with Crippen molar-refractivity contribution in [2.24, 2.45) is 0 Å². The molecule has 0 atom stereocenters. The van der Waals surface area contributed by atoms with Gasteiger partial charge in [-0.2, -0.15) is 5.26 Å². The number of unbranched alkanes of at least 4 members (excludes halogenated alkanes) is 12. The van der Waals surface area contributed by atoms with Crippen molar-refractivity contribution >= 4 is 5.97 Å². The van der Waals surface area contributed by atoms with Crippen LogP contribution in [0.4, 0.5) is 0 Å². The van der Waals surface area contributed by atoms with E-state index in [0.717, 1.165) is 62.5 Å². The molecule has 1 aliphatic rings. The van der Waals surface area contributed by atoms with Gasteiger partial charge in [0.05, 0.1) is 11.0 Å². The van der Waals surface area contributed by atoms with E-state index in [9.17, 15) is 10.1 Å². The van der Waals surface area contributed by atoms with Crippen molar-refractivity contribution in [3.8, 4) is 11.8 Å². The zero-order valence-corrected chi connectivity index (χ0v) is 26.2. The molecule has 41 heavy (non-hydrogen) atoms. The molecule has 224 valence electrons. The smallest absolute Gasteiger partial charge is 0.321 e. The van der Waals surface area contributed by atoms with Gasteiger partial charge >= 0.3 is 5.97 Å². The highest BCUT2D eigenvalue weighted by molar-refractivity contribution is 5.85. The second-order valence-electron chi connectivity index (χ2n) is 12.4. The minimum Gasteiger partial charge on any atom is -0.424 e.